The zero-order valence-corrected chi connectivity index (χ0v) is 28.6. The molecule has 2 rings (SSSR count). The van der Waals surface area contributed by atoms with Crippen LogP contribution in [0.5, 0.6) is 11.5 Å². The maximum Gasteiger partial charge on any atom is 0.334 e. The number of carboxylic acids is 1. The normalized spacial score (nSPS) is 11.6. The smallest absolute Gasteiger partial charge is 0.334 e. The lowest BCUT2D eigenvalue weighted by atomic mass is 10.1. The molecule has 0 radical (unpaired) electrons. The highest BCUT2D eigenvalue weighted by Gasteiger charge is 2.23. The molecule has 13 nitrogen and oxygen atoms in total. The number of anilines is 2. The molecule has 0 aliphatic heterocycles. The van der Waals surface area contributed by atoms with Crippen molar-refractivity contribution in [3.8, 4) is 11.5 Å². The minimum atomic E-state index is -1.17. The summed E-state index contributed by atoms with van der Waals surface area (Å²) in [5.74, 6) is -1.71. The van der Waals surface area contributed by atoms with Gasteiger partial charge in [0, 0.05) is 50.6 Å². The van der Waals surface area contributed by atoms with Crippen LogP contribution in [-0.2, 0) is 35.2 Å². The molecular formula is C31H42N4O9S2. The number of nitrogens with one attached hydrogen (secondary N) is 4. The van der Waals surface area contributed by atoms with Gasteiger partial charge in [0.2, 0.25) is 23.6 Å². The van der Waals surface area contributed by atoms with Crippen LogP contribution in [0.15, 0.2) is 42.5 Å². The molecule has 4 amide bonds. The van der Waals surface area contributed by atoms with Crippen LogP contribution < -0.4 is 30.7 Å². The van der Waals surface area contributed by atoms with E-state index in [0.29, 0.717) is 5.69 Å². The number of rotatable bonds is 15. The van der Waals surface area contributed by atoms with E-state index in [0.717, 1.165) is 45.0 Å². The predicted octanol–water partition coefficient (Wildman–Crippen LogP) is 4.02. The molecule has 0 aliphatic rings. The summed E-state index contributed by atoms with van der Waals surface area (Å²) in [6, 6.07) is 9.84. The lowest BCUT2D eigenvalue weighted by molar-refractivity contribution is -0.140. The SMILES string of the molecule is CC(=O)Nc1ccc(OC(=O)C(CSSCC(NC(C)=O)C(=O)O)NC(C)=O)cc1.CCc1cc(NC(C)=O)ccc1OC(C)C. The van der Waals surface area contributed by atoms with Gasteiger partial charge in [-0.2, -0.15) is 0 Å². The first-order valence-electron chi connectivity index (χ1n) is 14.3. The van der Waals surface area contributed by atoms with Gasteiger partial charge in [0.15, 0.2) is 0 Å². The minimum absolute atomic E-state index is 0.0559. The van der Waals surface area contributed by atoms with Crippen molar-refractivity contribution >= 4 is 68.5 Å². The Kier molecular flexibility index (Phi) is 17.9. The van der Waals surface area contributed by atoms with Crippen LogP contribution in [0, 0.1) is 0 Å². The highest BCUT2D eigenvalue weighted by molar-refractivity contribution is 8.76. The fraction of sp³-hybridized carbons (Fsp3) is 0.419. The van der Waals surface area contributed by atoms with E-state index in [1.807, 2.05) is 32.0 Å². The Morgan fingerprint density at radius 1 is 0.739 bits per heavy atom. The van der Waals surface area contributed by atoms with Gasteiger partial charge in [0.1, 0.15) is 23.6 Å². The molecule has 15 heteroatoms. The summed E-state index contributed by atoms with van der Waals surface area (Å²) < 4.78 is 10.9. The summed E-state index contributed by atoms with van der Waals surface area (Å²) in [5.41, 5.74) is 2.47. The minimum Gasteiger partial charge on any atom is -0.491 e. The monoisotopic (exact) mass is 678 g/mol. The molecule has 252 valence electrons. The van der Waals surface area contributed by atoms with Crippen LogP contribution in [0.25, 0.3) is 0 Å². The number of carboxylic acid groups (broad SMARTS) is 1. The van der Waals surface area contributed by atoms with Crippen molar-refractivity contribution in [3.05, 3.63) is 48.0 Å². The number of hydrogen-bond acceptors (Lipinski definition) is 10. The van der Waals surface area contributed by atoms with Gasteiger partial charge in [0.25, 0.3) is 0 Å². The van der Waals surface area contributed by atoms with Crippen molar-refractivity contribution in [3.63, 3.8) is 0 Å². The summed E-state index contributed by atoms with van der Waals surface area (Å²) >= 11 is 0. The second-order valence-electron chi connectivity index (χ2n) is 10.1. The Bertz CT molecular complexity index is 1350. The van der Waals surface area contributed by atoms with E-state index < -0.39 is 35.8 Å². The molecule has 0 spiro atoms. The zero-order chi connectivity index (χ0) is 34.8. The summed E-state index contributed by atoms with van der Waals surface area (Å²) in [4.78, 5) is 67.9. The van der Waals surface area contributed by atoms with Gasteiger partial charge >= 0.3 is 11.9 Å². The maximum absolute atomic E-state index is 12.4. The number of aryl methyl sites for hydroxylation is 1. The van der Waals surface area contributed by atoms with Crippen LogP contribution in [-0.4, -0.2) is 70.4 Å². The Labute approximate surface area is 276 Å². The van der Waals surface area contributed by atoms with Crippen molar-refractivity contribution < 1.29 is 43.3 Å². The topological polar surface area (TPSA) is 189 Å². The van der Waals surface area contributed by atoms with Gasteiger partial charge in [0.05, 0.1) is 6.10 Å². The number of esters is 1. The highest BCUT2D eigenvalue weighted by atomic mass is 33.1. The fourth-order valence-electron chi connectivity index (χ4n) is 3.57. The number of hydrogen-bond donors (Lipinski definition) is 5. The van der Waals surface area contributed by atoms with E-state index in [1.165, 1.54) is 39.8 Å². The van der Waals surface area contributed by atoms with Crippen molar-refractivity contribution in [2.24, 2.45) is 0 Å². The van der Waals surface area contributed by atoms with E-state index in [2.05, 4.69) is 28.2 Å². The molecule has 2 unspecified atom stereocenters. The molecule has 0 heterocycles. The van der Waals surface area contributed by atoms with Crippen LogP contribution in [0.1, 0.15) is 54.0 Å². The van der Waals surface area contributed by atoms with Crippen molar-refractivity contribution in [2.45, 2.75) is 73.1 Å². The first kappa shape index (κ1) is 39.8. The number of benzene rings is 2. The summed E-state index contributed by atoms with van der Waals surface area (Å²) in [5, 5.41) is 19.2. The van der Waals surface area contributed by atoms with Crippen molar-refractivity contribution in [1.29, 1.82) is 0 Å². The first-order chi connectivity index (χ1) is 21.6. The predicted molar refractivity (Wildman–Crippen MR) is 180 cm³/mol. The van der Waals surface area contributed by atoms with Gasteiger partial charge in [-0.15, -0.1) is 0 Å². The lowest BCUT2D eigenvalue weighted by Gasteiger charge is -2.17. The Hall–Kier alpha value is -4.24. The van der Waals surface area contributed by atoms with Gasteiger partial charge in [-0.3, -0.25) is 19.2 Å². The second kappa shape index (κ2) is 20.7. The van der Waals surface area contributed by atoms with Crippen LogP contribution in [0.2, 0.25) is 0 Å². The third kappa shape index (κ3) is 16.7. The molecule has 0 fully saturated rings. The average Bonchev–Trinajstić information content (AvgIpc) is 2.94. The van der Waals surface area contributed by atoms with Gasteiger partial charge in [-0.05, 0) is 68.3 Å². The second-order valence-corrected chi connectivity index (χ2v) is 12.6. The fourth-order valence-corrected chi connectivity index (χ4v) is 5.87. The van der Waals surface area contributed by atoms with Crippen LogP contribution >= 0.6 is 21.6 Å². The third-order valence-electron chi connectivity index (χ3n) is 5.41. The molecule has 0 aromatic heterocycles. The summed E-state index contributed by atoms with van der Waals surface area (Å²) in [6.07, 6.45) is 1.05. The van der Waals surface area contributed by atoms with Gasteiger partial charge in [-0.1, -0.05) is 28.5 Å². The number of amides is 4. The Morgan fingerprint density at radius 3 is 1.72 bits per heavy atom. The number of carbonyl (C=O) groups excluding carboxylic acids is 5. The van der Waals surface area contributed by atoms with E-state index >= 15 is 0 Å². The molecule has 2 atom stereocenters. The average molecular weight is 679 g/mol. The van der Waals surface area contributed by atoms with E-state index in [9.17, 15) is 28.8 Å². The quantitative estimate of drug-likeness (QED) is 0.0792. The molecule has 5 N–H and O–H groups in total. The molecule has 0 aliphatic carbocycles. The number of carbonyl (C=O) groups is 6. The third-order valence-corrected chi connectivity index (χ3v) is 7.83. The summed E-state index contributed by atoms with van der Waals surface area (Å²) in [6.45, 7) is 11.4. The molecule has 0 saturated heterocycles. The lowest BCUT2D eigenvalue weighted by Crippen LogP contribution is -2.44. The standard InChI is InChI=1S/C18H23N3O7S2.C13H19NO2/c1-10(22)19-13-4-6-14(7-5-13)28-18(27)16(21-12(3)24)9-30-29-8-15(17(25)26)20-11(2)23;1-5-11-8-12(14-10(4)15)6-7-13(11)16-9(2)3/h4-7,15-16H,8-9H2,1-3H3,(H,19,22)(H,20,23)(H,21,24)(H,25,26);6-9H,5H2,1-4H3,(H,14,15). The molecule has 0 saturated carbocycles. The zero-order valence-electron chi connectivity index (χ0n) is 26.9. The summed E-state index contributed by atoms with van der Waals surface area (Å²) in [7, 11) is 2.30. The molecule has 2 aromatic carbocycles. The molecule has 2 aromatic rings. The van der Waals surface area contributed by atoms with E-state index in [-0.39, 0.29) is 35.2 Å². The number of ether oxygens (including phenoxy) is 2. The molecule has 46 heavy (non-hydrogen) atoms. The Balaban J connectivity index is 0.000000554. The van der Waals surface area contributed by atoms with E-state index in [4.69, 9.17) is 14.6 Å². The highest BCUT2D eigenvalue weighted by Crippen LogP contribution is 2.25. The van der Waals surface area contributed by atoms with Crippen molar-refractivity contribution in [1.82, 2.24) is 10.6 Å². The first-order valence-corrected chi connectivity index (χ1v) is 16.8. The largest absolute Gasteiger partial charge is 0.491 e. The van der Waals surface area contributed by atoms with Crippen LogP contribution in [0.4, 0.5) is 11.4 Å². The van der Waals surface area contributed by atoms with Crippen molar-refractivity contribution in [2.75, 3.05) is 22.1 Å². The van der Waals surface area contributed by atoms with Gasteiger partial charge in [-0.25, -0.2) is 9.59 Å². The van der Waals surface area contributed by atoms with Gasteiger partial charge < -0.3 is 35.8 Å². The Morgan fingerprint density at radius 2 is 1.24 bits per heavy atom. The van der Waals surface area contributed by atoms with E-state index in [1.54, 1.807) is 12.1 Å². The van der Waals surface area contributed by atoms with Crippen LogP contribution in [0.3, 0.4) is 0 Å². The molecular weight excluding hydrogens is 636 g/mol. The molecule has 0 bridgehead atoms. The number of aliphatic carboxylic acids is 1. The maximum atomic E-state index is 12.4.